The molecule has 136 valence electrons. The lowest BCUT2D eigenvalue weighted by Gasteiger charge is -2.36. The molecule has 1 aromatic carbocycles. The van der Waals surface area contributed by atoms with Crippen molar-refractivity contribution in [3.63, 3.8) is 0 Å². The van der Waals surface area contributed by atoms with Crippen molar-refractivity contribution in [3.8, 4) is 0 Å². The molecule has 0 radical (unpaired) electrons. The van der Waals surface area contributed by atoms with Crippen molar-refractivity contribution in [1.82, 2.24) is 10.2 Å². The number of hydrogen-bond acceptors (Lipinski definition) is 4. The number of urea groups is 1. The van der Waals surface area contributed by atoms with Gasteiger partial charge in [0.1, 0.15) is 0 Å². The molecule has 2 atom stereocenters. The van der Waals surface area contributed by atoms with Gasteiger partial charge in [-0.1, -0.05) is 19.1 Å². The summed E-state index contributed by atoms with van der Waals surface area (Å²) >= 11 is 1.42. The van der Waals surface area contributed by atoms with Gasteiger partial charge < -0.3 is 15.5 Å². The van der Waals surface area contributed by atoms with Crippen LogP contribution in [0.15, 0.2) is 35.0 Å². The number of thiophene rings is 1. The maximum atomic E-state index is 13.2. The molecule has 1 aromatic heterocycles. The Morgan fingerprint density at radius 1 is 1.27 bits per heavy atom. The number of fused-ring (bicyclic) bond motifs is 2. The van der Waals surface area contributed by atoms with Crippen molar-refractivity contribution in [1.29, 1.82) is 0 Å². The molecule has 26 heavy (non-hydrogen) atoms. The minimum absolute atomic E-state index is 0.125. The smallest absolute Gasteiger partial charge is 0.326 e. The molecule has 2 aliphatic heterocycles. The molecule has 2 aromatic rings. The molecular formula is C19H22N4O2S. The molecule has 6 nitrogen and oxygen atoms in total. The van der Waals surface area contributed by atoms with E-state index in [1.54, 1.807) is 10.3 Å². The number of benzene rings is 1. The number of para-hydroxylation sites is 2. The van der Waals surface area contributed by atoms with Gasteiger partial charge in [-0.3, -0.25) is 9.69 Å². The minimum Gasteiger partial charge on any atom is -0.334 e. The Kier molecular flexibility index (Phi) is 4.42. The molecule has 0 aliphatic carbocycles. The summed E-state index contributed by atoms with van der Waals surface area (Å²) in [6, 6.07) is 7.35. The Labute approximate surface area is 156 Å². The predicted molar refractivity (Wildman–Crippen MR) is 104 cm³/mol. The number of nitrogens with zero attached hydrogens (tertiary/aromatic N) is 2. The highest BCUT2D eigenvalue weighted by molar-refractivity contribution is 7.08. The Balaban J connectivity index is 1.68. The zero-order valence-corrected chi connectivity index (χ0v) is 15.7. The summed E-state index contributed by atoms with van der Waals surface area (Å²) in [4.78, 5) is 29.7. The maximum Gasteiger partial charge on any atom is 0.326 e. The zero-order valence-electron chi connectivity index (χ0n) is 14.9. The van der Waals surface area contributed by atoms with Crippen LogP contribution in [-0.4, -0.2) is 43.0 Å². The topological polar surface area (TPSA) is 64.7 Å². The summed E-state index contributed by atoms with van der Waals surface area (Å²) in [5.41, 5.74) is 2.50. The number of anilines is 3. The second kappa shape index (κ2) is 6.74. The molecule has 1 saturated heterocycles. The highest BCUT2D eigenvalue weighted by Gasteiger charge is 2.33. The van der Waals surface area contributed by atoms with E-state index in [1.165, 1.54) is 11.3 Å². The molecule has 0 saturated carbocycles. The number of likely N-dealkylation sites (tertiary alicyclic amines) is 1. The van der Waals surface area contributed by atoms with E-state index in [-0.39, 0.29) is 18.0 Å². The molecule has 3 heterocycles. The largest absolute Gasteiger partial charge is 0.334 e. The number of carbonyl (C=O) groups excluding carboxylic acids is 2. The first kappa shape index (κ1) is 17.1. The Hall–Kier alpha value is -2.38. The van der Waals surface area contributed by atoms with Gasteiger partial charge in [0.2, 0.25) is 0 Å². The molecule has 1 fully saturated rings. The van der Waals surface area contributed by atoms with E-state index in [9.17, 15) is 9.59 Å². The van der Waals surface area contributed by atoms with Crippen LogP contribution in [0.2, 0.25) is 0 Å². The van der Waals surface area contributed by atoms with Crippen molar-refractivity contribution >= 4 is 40.3 Å². The van der Waals surface area contributed by atoms with Crippen molar-refractivity contribution in [2.75, 3.05) is 30.4 Å². The van der Waals surface area contributed by atoms with Crippen molar-refractivity contribution < 1.29 is 9.59 Å². The SMILES string of the molecule is C[C@H]1CN(C)CC[C@H]1NC(=O)N1c2ccccc2NC(=O)c2cscc21. The number of carbonyl (C=O) groups is 2. The van der Waals surface area contributed by atoms with Crippen LogP contribution in [0.4, 0.5) is 21.9 Å². The second-order valence-corrected chi connectivity index (χ2v) is 7.81. The van der Waals surface area contributed by atoms with Crippen LogP contribution in [0.3, 0.4) is 0 Å². The third-order valence-electron chi connectivity index (χ3n) is 5.14. The van der Waals surface area contributed by atoms with E-state index in [0.29, 0.717) is 28.5 Å². The van der Waals surface area contributed by atoms with Crippen LogP contribution < -0.4 is 15.5 Å². The Bertz CT molecular complexity index is 850. The number of rotatable bonds is 1. The second-order valence-electron chi connectivity index (χ2n) is 7.06. The monoisotopic (exact) mass is 370 g/mol. The van der Waals surface area contributed by atoms with Gasteiger partial charge in [-0.15, -0.1) is 11.3 Å². The number of hydrogen-bond donors (Lipinski definition) is 2. The van der Waals surface area contributed by atoms with E-state index in [1.807, 2.05) is 29.6 Å². The first-order chi connectivity index (χ1) is 12.5. The zero-order chi connectivity index (χ0) is 18.3. The number of amides is 3. The minimum atomic E-state index is -0.185. The fourth-order valence-electron chi connectivity index (χ4n) is 3.74. The summed E-state index contributed by atoms with van der Waals surface area (Å²) in [5.74, 6) is 0.193. The molecule has 4 rings (SSSR count). The van der Waals surface area contributed by atoms with Gasteiger partial charge in [0.15, 0.2) is 0 Å². The van der Waals surface area contributed by atoms with E-state index in [4.69, 9.17) is 0 Å². The lowest BCUT2D eigenvalue weighted by molar-refractivity contribution is 0.102. The van der Waals surface area contributed by atoms with Crippen LogP contribution in [-0.2, 0) is 0 Å². The highest BCUT2D eigenvalue weighted by atomic mass is 32.1. The van der Waals surface area contributed by atoms with Crippen molar-refractivity contribution in [2.24, 2.45) is 5.92 Å². The van der Waals surface area contributed by atoms with Crippen LogP contribution >= 0.6 is 11.3 Å². The Morgan fingerprint density at radius 2 is 2.08 bits per heavy atom. The first-order valence-electron chi connectivity index (χ1n) is 8.80. The van der Waals surface area contributed by atoms with Gasteiger partial charge >= 0.3 is 6.03 Å². The third-order valence-corrected chi connectivity index (χ3v) is 5.87. The lowest BCUT2D eigenvalue weighted by Crippen LogP contribution is -2.51. The quantitative estimate of drug-likeness (QED) is 0.807. The summed E-state index contributed by atoms with van der Waals surface area (Å²) in [7, 11) is 2.11. The van der Waals surface area contributed by atoms with Crippen LogP contribution in [0.1, 0.15) is 23.7 Å². The first-order valence-corrected chi connectivity index (χ1v) is 9.74. The maximum absolute atomic E-state index is 13.2. The van der Waals surface area contributed by atoms with Gasteiger partial charge in [0, 0.05) is 23.3 Å². The average Bonchev–Trinajstić information content (AvgIpc) is 3.04. The Morgan fingerprint density at radius 3 is 2.88 bits per heavy atom. The molecule has 2 N–H and O–H groups in total. The van der Waals surface area contributed by atoms with Crippen LogP contribution in [0.5, 0.6) is 0 Å². The van der Waals surface area contributed by atoms with Crippen molar-refractivity contribution in [3.05, 3.63) is 40.6 Å². The van der Waals surface area contributed by atoms with Crippen molar-refractivity contribution in [2.45, 2.75) is 19.4 Å². The van der Waals surface area contributed by atoms with E-state index in [0.717, 1.165) is 19.5 Å². The standard InChI is InChI=1S/C19H22N4O2S/c1-12-9-22(2)8-7-14(12)21-19(25)23-16-6-4-3-5-15(16)20-18(24)13-10-26-11-17(13)23/h3-6,10-12,14H,7-9H2,1-2H3,(H,20,24)(H,21,25)/t12-,14+/m0/s1. The van der Waals surface area contributed by atoms with Gasteiger partial charge in [-0.05, 0) is 38.1 Å². The number of piperidine rings is 1. The number of nitrogens with one attached hydrogen (secondary N) is 2. The summed E-state index contributed by atoms with van der Waals surface area (Å²) in [5, 5.41) is 9.75. The summed E-state index contributed by atoms with van der Waals surface area (Å²) < 4.78 is 0. The fraction of sp³-hybridized carbons (Fsp3) is 0.368. The molecular weight excluding hydrogens is 348 g/mol. The molecule has 7 heteroatoms. The summed E-state index contributed by atoms with van der Waals surface area (Å²) in [6.45, 7) is 4.10. The summed E-state index contributed by atoms with van der Waals surface area (Å²) in [6.07, 6.45) is 0.923. The molecule has 3 amide bonds. The van der Waals surface area contributed by atoms with Gasteiger partial charge in [0.25, 0.3) is 5.91 Å². The third kappa shape index (κ3) is 2.97. The van der Waals surface area contributed by atoms with E-state index < -0.39 is 0 Å². The predicted octanol–water partition coefficient (Wildman–Crippen LogP) is 3.50. The molecule has 2 aliphatic rings. The molecule has 0 spiro atoms. The normalized spacial score (nSPS) is 22.8. The van der Waals surface area contributed by atoms with Gasteiger partial charge in [-0.25, -0.2) is 4.79 Å². The van der Waals surface area contributed by atoms with E-state index in [2.05, 4.69) is 29.5 Å². The van der Waals surface area contributed by atoms with Crippen LogP contribution in [0.25, 0.3) is 0 Å². The van der Waals surface area contributed by atoms with Crippen LogP contribution in [0, 0.1) is 5.92 Å². The average molecular weight is 370 g/mol. The lowest BCUT2D eigenvalue weighted by atomic mass is 9.94. The van der Waals surface area contributed by atoms with Gasteiger partial charge in [0.05, 0.1) is 22.6 Å². The van der Waals surface area contributed by atoms with E-state index >= 15 is 0 Å². The fourth-order valence-corrected chi connectivity index (χ4v) is 4.53. The van der Waals surface area contributed by atoms with Gasteiger partial charge in [-0.2, -0.15) is 0 Å². The molecule has 0 unspecified atom stereocenters. The molecule has 0 bridgehead atoms. The highest BCUT2D eigenvalue weighted by Crippen LogP contribution is 2.39.